The zero-order chi connectivity index (χ0) is 28.0. The number of ketones is 1. The molecule has 8 rings (SSSR count). The molecule has 3 atom stereocenters. The van der Waals surface area contributed by atoms with E-state index in [1.165, 1.54) is 10.5 Å². The standard InChI is InChI=1S/C31H31N4O5/c1-18(36)27-26-16-23(28(31(39)40)33(26)30(27)38)20-3-5-21-24-14-19(2-4-22(24)29(37)25(21)15-20)17-35-11-8-34(7-6-32,9-12-35)10-13-35/h2-5,14-15,18,26-27,36H,7-13,16-17H2,1H3/q+1/p+1/t18-,26-,27-,34?,35?/m1/s1. The fraction of sp³-hybridized carbons (Fsp3) is 0.419. The Bertz CT molecular complexity index is 1560. The first-order valence-electron chi connectivity index (χ1n) is 14.0. The van der Waals surface area contributed by atoms with Gasteiger partial charge < -0.3 is 19.6 Å². The Labute approximate surface area is 232 Å². The van der Waals surface area contributed by atoms with E-state index in [9.17, 15) is 29.9 Å². The lowest BCUT2D eigenvalue weighted by atomic mass is 9.82. The van der Waals surface area contributed by atoms with Crippen molar-refractivity contribution in [1.82, 2.24) is 4.90 Å². The van der Waals surface area contributed by atoms with Gasteiger partial charge in [0.25, 0.3) is 0 Å². The van der Waals surface area contributed by atoms with Crippen LogP contribution in [-0.4, -0.2) is 99.7 Å². The number of carbonyl (C=O) groups is 3. The normalized spacial score (nSPS) is 30.5. The molecule has 1 aliphatic carbocycles. The second kappa shape index (κ2) is 8.58. The maximum absolute atomic E-state index is 13.5. The highest BCUT2D eigenvalue weighted by molar-refractivity contribution is 6.22. The molecule has 204 valence electrons. The molecule has 0 saturated carbocycles. The highest BCUT2D eigenvalue weighted by Crippen LogP contribution is 2.48. The van der Waals surface area contributed by atoms with Crippen LogP contribution in [0.15, 0.2) is 42.1 Å². The number of piperazine rings is 3. The van der Waals surface area contributed by atoms with Crippen molar-refractivity contribution in [2.75, 3.05) is 45.8 Å². The van der Waals surface area contributed by atoms with E-state index in [1.54, 1.807) is 13.0 Å². The summed E-state index contributed by atoms with van der Waals surface area (Å²) in [6.45, 7) is 9.38. The molecule has 0 aromatic heterocycles. The summed E-state index contributed by atoms with van der Waals surface area (Å²) in [6.07, 6.45) is -0.519. The predicted molar refractivity (Wildman–Crippen MR) is 144 cm³/mol. The average molecular weight is 541 g/mol. The van der Waals surface area contributed by atoms with Crippen molar-refractivity contribution >= 4 is 23.2 Å². The first kappa shape index (κ1) is 25.1. The molecule has 5 heterocycles. The van der Waals surface area contributed by atoms with Crippen molar-refractivity contribution in [1.29, 1.82) is 5.26 Å². The van der Waals surface area contributed by atoms with Crippen LogP contribution in [0.25, 0.3) is 16.7 Å². The van der Waals surface area contributed by atoms with Crippen molar-refractivity contribution in [3.8, 4) is 17.2 Å². The Morgan fingerprint density at radius 3 is 2.33 bits per heavy atom. The van der Waals surface area contributed by atoms with Gasteiger partial charge in [0.2, 0.25) is 5.91 Å². The second-order valence-corrected chi connectivity index (χ2v) is 12.3. The zero-order valence-electron chi connectivity index (χ0n) is 22.5. The van der Waals surface area contributed by atoms with Crippen LogP contribution in [0.4, 0.5) is 0 Å². The molecule has 0 radical (unpaired) electrons. The molecule has 2 aromatic carbocycles. The van der Waals surface area contributed by atoms with E-state index in [-0.39, 0.29) is 23.4 Å². The molecular weight excluding hydrogens is 508 g/mol. The number of quaternary nitrogens is 2. The molecular formula is C31H32N4O5+2. The van der Waals surface area contributed by atoms with Crippen LogP contribution < -0.4 is 0 Å². The summed E-state index contributed by atoms with van der Waals surface area (Å²) < 4.78 is 1.96. The number of amides is 1. The largest absolute Gasteiger partial charge is 0.477 e. The molecule has 9 nitrogen and oxygen atoms in total. The molecule has 2 aromatic rings. The minimum atomic E-state index is -1.18. The van der Waals surface area contributed by atoms with Gasteiger partial charge in [-0.1, -0.05) is 18.2 Å². The second-order valence-electron chi connectivity index (χ2n) is 12.3. The van der Waals surface area contributed by atoms with E-state index in [4.69, 9.17) is 0 Å². The van der Waals surface area contributed by atoms with Gasteiger partial charge in [0.15, 0.2) is 12.3 Å². The summed E-state index contributed by atoms with van der Waals surface area (Å²) in [6, 6.07) is 13.6. The van der Waals surface area contributed by atoms with Gasteiger partial charge in [0.1, 0.15) is 57.6 Å². The number of carboxylic acid groups (broad SMARTS) is 1. The Hall–Kier alpha value is -3.84. The van der Waals surface area contributed by atoms with Gasteiger partial charge in [-0.15, -0.1) is 0 Å². The molecule has 4 fully saturated rings. The fourth-order valence-electron chi connectivity index (χ4n) is 7.89. The van der Waals surface area contributed by atoms with E-state index in [1.807, 2.05) is 18.2 Å². The number of hydrogen-bond acceptors (Lipinski definition) is 5. The van der Waals surface area contributed by atoms with Crippen molar-refractivity contribution in [2.24, 2.45) is 5.92 Å². The predicted octanol–water partition coefficient (Wildman–Crippen LogP) is 1.99. The highest BCUT2D eigenvalue weighted by atomic mass is 16.4. The quantitative estimate of drug-likeness (QED) is 0.281. The summed E-state index contributed by atoms with van der Waals surface area (Å²) in [7, 11) is 0. The number of aliphatic carboxylic acids is 1. The van der Waals surface area contributed by atoms with Gasteiger partial charge >= 0.3 is 5.97 Å². The van der Waals surface area contributed by atoms with Crippen molar-refractivity contribution in [3.63, 3.8) is 0 Å². The highest BCUT2D eigenvalue weighted by Gasteiger charge is 2.57. The maximum Gasteiger partial charge on any atom is 0.352 e. The number of fused-ring (bicyclic) bond motifs is 7. The van der Waals surface area contributed by atoms with Crippen LogP contribution in [0.1, 0.15) is 40.4 Å². The van der Waals surface area contributed by atoms with Crippen molar-refractivity contribution in [2.45, 2.75) is 32.0 Å². The van der Waals surface area contributed by atoms with E-state index in [2.05, 4.69) is 18.2 Å². The fourth-order valence-corrected chi connectivity index (χ4v) is 7.89. The number of aliphatic hydroxyl groups is 1. The van der Waals surface area contributed by atoms with Crippen LogP contribution in [0.2, 0.25) is 0 Å². The Balaban J connectivity index is 1.18. The molecule has 9 heteroatoms. The number of β-lactam (4-membered cyclic amide) rings is 1. The molecule has 5 aliphatic heterocycles. The van der Waals surface area contributed by atoms with E-state index in [0.29, 0.717) is 35.2 Å². The molecule has 2 N–H and O–H groups in total. The van der Waals surface area contributed by atoms with Gasteiger partial charge in [0, 0.05) is 16.7 Å². The minimum Gasteiger partial charge on any atom is -0.477 e. The summed E-state index contributed by atoms with van der Waals surface area (Å²) in [5.41, 5.74) is 5.28. The first-order valence-corrected chi connectivity index (χ1v) is 14.0. The lowest BCUT2D eigenvalue weighted by molar-refractivity contribution is -1.08. The third-order valence-corrected chi connectivity index (χ3v) is 10.2. The number of nitrogens with zero attached hydrogens (tertiary/aromatic N) is 4. The third kappa shape index (κ3) is 3.46. The van der Waals surface area contributed by atoms with Crippen LogP contribution in [0.5, 0.6) is 0 Å². The summed E-state index contributed by atoms with van der Waals surface area (Å²) in [4.78, 5) is 39.6. The van der Waals surface area contributed by atoms with Crippen LogP contribution in [0, 0.1) is 17.2 Å². The average Bonchev–Trinajstić information content (AvgIpc) is 3.42. The van der Waals surface area contributed by atoms with Gasteiger partial charge in [-0.3, -0.25) is 14.1 Å². The van der Waals surface area contributed by atoms with Crippen molar-refractivity contribution in [3.05, 3.63) is 64.3 Å². The monoisotopic (exact) mass is 540 g/mol. The van der Waals surface area contributed by atoms with Gasteiger partial charge in [-0.25, -0.2) is 4.79 Å². The number of hydrogen-bond donors (Lipinski definition) is 2. The van der Waals surface area contributed by atoms with Crippen LogP contribution in [-0.2, 0) is 16.1 Å². The summed E-state index contributed by atoms with van der Waals surface area (Å²) in [5.74, 6) is -2.23. The smallest absolute Gasteiger partial charge is 0.352 e. The topological polar surface area (TPSA) is 119 Å². The molecule has 1 amide bonds. The number of rotatable bonds is 6. The van der Waals surface area contributed by atoms with Crippen LogP contribution in [0.3, 0.4) is 0 Å². The SMILES string of the molecule is C[C@@H](O)[C@H]1C(=O)N2C(C(=O)O)=C(c3ccc4c(c3)C(=O)c3ccc(C[N+]56CC[N+](CC#N)(CC5)CC6)cc3-4)C[C@H]12. The number of carbonyl (C=O) groups excluding carboxylic acids is 2. The Morgan fingerprint density at radius 2 is 1.68 bits per heavy atom. The lowest BCUT2D eigenvalue weighted by Crippen LogP contribution is -2.74. The van der Waals surface area contributed by atoms with E-state index < -0.39 is 18.0 Å². The molecule has 0 spiro atoms. The summed E-state index contributed by atoms with van der Waals surface area (Å²) in [5, 5.41) is 29.3. The number of nitriles is 1. The summed E-state index contributed by atoms with van der Waals surface area (Å²) >= 11 is 0. The molecule has 40 heavy (non-hydrogen) atoms. The van der Waals surface area contributed by atoms with Gasteiger partial charge in [-0.05, 0) is 53.8 Å². The lowest BCUT2D eigenvalue weighted by Gasteiger charge is -2.54. The Kier molecular flexibility index (Phi) is 5.39. The van der Waals surface area contributed by atoms with Crippen LogP contribution >= 0.6 is 0 Å². The third-order valence-electron chi connectivity index (χ3n) is 10.2. The molecule has 0 unspecified atom stereocenters. The minimum absolute atomic E-state index is 0.0495. The molecule has 6 aliphatic rings. The van der Waals surface area contributed by atoms with Gasteiger partial charge in [0.05, 0.1) is 18.1 Å². The van der Waals surface area contributed by atoms with Crippen molar-refractivity contribution < 1.29 is 33.6 Å². The zero-order valence-corrected chi connectivity index (χ0v) is 22.5. The first-order chi connectivity index (χ1) is 19.2. The van der Waals surface area contributed by atoms with Gasteiger partial charge in [-0.2, -0.15) is 5.26 Å². The number of aliphatic hydroxyl groups excluding tert-OH is 1. The molecule has 2 bridgehead atoms. The van der Waals surface area contributed by atoms with E-state index >= 15 is 0 Å². The number of benzene rings is 2. The Morgan fingerprint density at radius 1 is 1.00 bits per heavy atom. The number of carboxylic acids is 1. The molecule has 4 saturated heterocycles. The maximum atomic E-state index is 13.5. The van der Waals surface area contributed by atoms with E-state index in [0.717, 1.165) is 65.9 Å².